The van der Waals surface area contributed by atoms with Gasteiger partial charge in [0, 0.05) is 24.1 Å². The predicted molar refractivity (Wildman–Crippen MR) is 76.3 cm³/mol. The highest BCUT2D eigenvalue weighted by atomic mass is 32.2. The third-order valence-corrected chi connectivity index (χ3v) is 6.54. The molecule has 2 rings (SSSR count). The molecule has 0 spiro atoms. The molecule has 1 atom stereocenters. The summed E-state index contributed by atoms with van der Waals surface area (Å²) in [5.41, 5.74) is 6.89. The van der Waals surface area contributed by atoms with E-state index in [1.807, 2.05) is 6.92 Å². The zero-order valence-corrected chi connectivity index (χ0v) is 12.2. The molecule has 1 aromatic carbocycles. The summed E-state index contributed by atoms with van der Waals surface area (Å²) >= 11 is 1.79. The maximum Gasteiger partial charge on any atom is 0.245 e. The van der Waals surface area contributed by atoms with Crippen LogP contribution in [-0.4, -0.2) is 36.8 Å². The summed E-state index contributed by atoms with van der Waals surface area (Å²) in [6.45, 7) is 4.28. The lowest BCUT2D eigenvalue weighted by atomic mass is 10.2. The highest BCUT2D eigenvalue weighted by Crippen LogP contribution is 2.29. The number of anilines is 1. The van der Waals surface area contributed by atoms with Crippen LogP contribution in [0.2, 0.25) is 0 Å². The number of rotatable bonds is 2. The smallest absolute Gasteiger partial charge is 0.245 e. The molecule has 100 valence electrons. The van der Waals surface area contributed by atoms with Gasteiger partial charge in [-0.3, -0.25) is 0 Å². The normalized spacial score (nSPS) is 22.0. The molecule has 1 aromatic rings. The van der Waals surface area contributed by atoms with Crippen molar-refractivity contribution in [3.8, 4) is 0 Å². The molecule has 1 aliphatic rings. The second-order valence-electron chi connectivity index (χ2n) is 4.53. The van der Waals surface area contributed by atoms with E-state index < -0.39 is 10.0 Å². The maximum atomic E-state index is 12.7. The van der Waals surface area contributed by atoms with E-state index in [9.17, 15) is 8.42 Å². The summed E-state index contributed by atoms with van der Waals surface area (Å²) in [6, 6.07) is 5.22. The summed E-state index contributed by atoms with van der Waals surface area (Å²) in [7, 11) is -3.48. The number of nitrogen functional groups attached to an aromatic ring is 1. The quantitative estimate of drug-likeness (QED) is 0.841. The van der Waals surface area contributed by atoms with Crippen molar-refractivity contribution in [2.24, 2.45) is 0 Å². The molecule has 0 amide bonds. The molecule has 1 saturated heterocycles. The van der Waals surface area contributed by atoms with Gasteiger partial charge in [-0.1, -0.05) is 12.1 Å². The third kappa shape index (κ3) is 2.37. The van der Waals surface area contributed by atoms with E-state index in [0.29, 0.717) is 17.8 Å². The molecular formula is C12H18N2O2S2. The van der Waals surface area contributed by atoms with Crippen molar-refractivity contribution in [1.82, 2.24) is 4.31 Å². The second kappa shape index (κ2) is 5.11. The Labute approximate surface area is 113 Å². The minimum absolute atomic E-state index is 0.0211. The average molecular weight is 286 g/mol. The van der Waals surface area contributed by atoms with Crippen LogP contribution < -0.4 is 5.73 Å². The van der Waals surface area contributed by atoms with E-state index in [2.05, 4.69) is 0 Å². The summed E-state index contributed by atoms with van der Waals surface area (Å²) in [4.78, 5) is 0.267. The highest BCUT2D eigenvalue weighted by Gasteiger charge is 2.33. The van der Waals surface area contributed by atoms with Crippen molar-refractivity contribution < 1.29 is 8.42 Å². The van der Waals surface area contributed by atoms with Gasteiger partial charge in [0.2, 0.25) is 10.0 Å². The van der Waals surface area contributed by atoms with Crippen molar-refractivity contribution in [2.45, 2.75) is 24.8 Å². The molecule has 1 unspecified atom stereocenters. The molecule has 2 N–H and O–H groups in total. The van der Waals surface area contributed by atoms with Crippen molar-refractivity contribution >= 4 is 27.5 Å². The Kier molecular flexibility index (Phi) is 3.89. The number of aryl methyl sites for hydroxylation is 1. The molecular weight excluding hydrogens is 268 g/mol. The zero-order chi connectivity index (χ0) is 13.3. The second-order valence-corrected chi connectivity index (χ2v) is 7.51. The van der Waals surface area contributed by atoms with Gasteiger partial charge in [0.05, 0.1) is 5.69 Å². The number of sulfonamides is 1. The molecule has 1 heterocycles. The number of hydrogen-bond donors (Lipinski definition) is 1. The maximum absolute atomic E-state index is 12.7. The Balaban J connectivity index is 2.48. The summed E-state index contributed by atoms with van der Waals surface area (Å²) in [6.07, 6.45) is 0. The zero-order valence-electron chi connectivity index (χ0n) is 10.6. The Morgan fingerprint density at radius 3 is 2.78 bits per heavy atom. The van der Waals surface area contributed by atoms with Crippen LogP contribution in [-0.2, 0) is 10.0 Å². The van der Waals surface area contributed by atoms with Crippen LogP contribution in [0.25, 0.3) is 0 Å². The SMILES string of the molecule is Cc1cccc(N)c1S(=O)(=O)N1CCSCC1C. The van der Waals surface area contributed by atoms with Crippen molar-refractivity contribution in [1.29, 1.82) is 0 Å². The minimum Gasteiger partial charge on any atom is -0.398 e. The lowest BCUT2D eigenvalue weighted by molar-refractivity contribution is 0.367. The van der Waals surface area contributed by atoms with Crippen LogP contribution in [0.5, 0.6) is 0 Å². The van der Waals surface area contributed by atoms with Crippen molar-refractivity contribution in [3.05, 3.63) is 23.8 Å². The Morgan fingerprint density at radius 2 is 2.17 bits per heavy atom. The van der Waals surface area contributed by atoms with Gasteiger partial charge in [-0.25, -0.2) is 8.42 Å². The number of nitrogens with zero attached hydrogens (tertiary/aromatic N) is 1. The third-order valence-electron chi connectivity index (χ3n) is 3.12. The van der Waals surface area contributed by atoms with E-state index in [1.165, 1.54) is 0 Å². The van der Waals surface area contributed by atoms with E-state index in [0.717, 1.165) is 11.5 Å². The predicted octanol–water partition coefficient (Wildman–Crippen LogP) is 1.70. The van der Waals surface area contributed by atoms with E-state index in [1.54, 1.807) is 41.2 Å². The van der Waals surface area contributed by atoms with Gasteiger partial charge in [-0.2, -0.15) is 16.1 Å². The van der Waals surface area contributed by atoms with Gasteiger partial charge in [0.1, 0.15) is 4.90 Å². The van der Waals surface area contributed by atoms with Crippen LogP contribution in [0.15, 0.2) is 23.1 Å². The average Bonchev–Trinajstić information content (AvgIpc) is 2.28. The molecule has 0 aromatic heterocycles. The van der Waals surface area contributed by atoms with Gasteiger partial charge in [0.25, 0.3) is 0 Å². The fourth-order valence-corrected chi connectivity index (χ4v) is 5.39. The number of nitrogens with two attached hydrogens (primary N) is 1. The largest absolute Gasteiger partial charge is 0.398 e. The Bertz CT molecular complexity index is 523. The van der Waals surface area contributed by atoms with Crippen LogP contribution in [0, 0.1) is 6.92 Å². The molecule has 18 heavy (non-hydrogen) atoms. The standard InChI is InChI=1S/C12H18N2O2S2/c1-9-4-3-5-11(13)12(9)18(15,16)14-6-7-17-8-10(14)2/h3-5,10H,6-8,13H2,1-2H3. The first kappa shape index (κ1) is 13.7. The molecule has 0 bridgehead atoms. The van der Waals surface area contributed by atoms with E-state index >= 15 is 0 Å². The molecule has 4 nitrogen and oxygen atoms in total. The molecule has 0 radical (unpaired) electrons. The van der Waals surface area contributed by atoms with Crippen molar-refractivity contribution in [3.63, 3.8) is 0 Å². The molecule has 6 heteroatoms. The van der Waals surface area contributed by atoms with Gasteiger partial charge < -0.3 is 5.73 Å². The van der Waals surface area contributed by atoms with Crippen LogP contribution in [0.4, 0.5) is 5.69 Å². The molecule has 1 aliphatic heterocycles. The van der Waals surface area contributed by atoms with Gasteiger partial charge in [-0.15, -0.1) is 0 Å². The Hall–Kier alpha value is -0.720. The summed E-state index contributed by atoms with van der Waals surface area (Å²) in [5, 5.41) is 0. The number of thioether (sulfide) groups is 1. The van der Waals surface area contributed by atoms with Crippen molar-refractivity contribution in [2.75, 3.05) is 23.8 Å². The van der Waals surface area contributed by atoms with Gasteiger partial charge >= 0.3 is 0 Å². The fourth-order valence-electron chi connectivity index (χ4n) is 2.21. The molecule has 1 fully saturated rings. The molecule has 0 saturated carbocycles. The number of benzene rings is 1. The minimum atomic E-state index is -3.48. The lowest BCUT2D eigenvalue weighted by Crippen LogP contribution is -2.44. The Morgan fingerprint density at radius 1 is 1.44 bits per heavy atom. The van der Waals surface area contributed by atoms with Crippen LogP contribution in [0.3, 0.4) is 0 Å². The lowest BCUT2D eigenvalue weighted by Gasteiger charge is -2.32. The topological polar surface area (TPSA) is 63.4 Å². The fraction of sp³-hybridized carbons (Fsp3) is 0.500. The summed E-state index contributed by atoms with van der Waals surface area (Å²) in [5.74, 6) is 1.68. The van der Waals surface area contributed by atoms with E-state index in [4.69, 9.17) is 5.73 Å². The van der Waals surface area contributed by atoms with Crippen LogP contribution in [0.1, 0.15) is 12.5 Å². The summed E-state index contributed by atoms with van der Waals surface area (Å²) < 4.78 is 26.9. The first-order chi connectivity index (χ1) is 8.44. The van der Waals surface area contributed by atoms with Gasteiger partial charge in [-0.05, 0) is 25.5 Å². The number of hydrogen-bond acceptors (Lipinski definition) is 4. The first-order valence-electron chi connectivity index (χ1n) is 5.89. The van der Waals surface area contributed by atoms with E-state index in [-0.39, 0.29) is 10.9 Å². The first-order valence-corrected chi connectivity index (χ1v) is 8.48. The monoisotopic (exact) mass is 286 g/mol. The van der Waals surface area contributed by atoms with Gasteiger partial charge in [0.15, 0.2) is 0 Å². The molecule has 0 aliphatic carbocycles. The highest BCUT2D eigenvalue weighted by molar-refractivity contribution is 7.99. The van der Waals surface area contributed by atoms with Crippen LogP contribution >= 0.6 is 11.8 Å².